The zero-order valence-electron chi connectivity index (χ0n) is 17.0. The molecule has 0 spiro atoms. The predicted octanol–water partition coefficient (Wildman–Crippen LogP) is 4.80. The van der Waals surface area contributed by atoms with Crippen molar-refractivity contribution in [3.63, 3.8) is 0 Å². The number of hydrogen-bond acceptors (Lipinski definition) is 5. The molecule has 0 fully saturated rings. The van der Waals surface area contributed by atoms with E-state index in [0.717, 1.165) is 21.0 Å². The summed E-state index contributed by atoms with van der Waals surface area (Å²) in [5.74, 6) is -0.0283. The zero-order valence-corrected chi connectivity index (χ0v) is 18.6. The first-order valence-corrected chi connectivity index (χ1v) is 10.9. The quantitative estimate of drug-likeness (QED) is 0.444. The van der Waals surface area contributed by atoms with Gasteiger partial charge in [-0.25, -0.2) is 4.98 Å². The summed E-state index contributed by atoms with van der Waals surface area (Å²) < 4.78 is 1.71. The number of carbonyl (C=O) groups is 1. The van der Waals surface area contributed by atoms with Crippen LogP contribution in [0.4, 0.5) is 5.69 Å². The van der Waals surface area contributed by atoms with E-state index in [9.17, 15) is 9.59 Å². The largest absolute Gasteiger partial charge is 0.315 e. The molecule has 148 valence electrons. The highest BCUT2D eigenvalue weighted by molar-refractivity contribution is 8.00. The van der Waals surface area contributed by atoms with Crippen molar-refractivity contribution < 1.29 is 4.79 Å². The topological polar surface area (TPSA) is 55.2 Å². The lowest BCUT2D eigenvalue weighted by Crippen LogP contribution is -2.34. The molecule has 0 saturated heterocycles. The molecular weight excluding hydrogens is 390 g/mol. The predicted molar refractivity (Wildman–Crippen MR) is 119 cm³/mol. The maximum atomic E-state index is 13.2. The Morgan fingerprint density at radius 3 is 2.43 bits per heavy atom. The summed E-state index contributed by atoms with van der Waals surface area (Å²) in [6.45, 7) is 9.77. The number of anilines is 1. The van der Waals surface area contributed by atoms with Gasteiger partial charge in [-0.05, 0) is 52.3 Å². The minimum atomic E-state index is -0.373. The van der Waals surface area contributed by atoms with E-state index in [4.69, 9.17) is 4.98 Å². The van der Waals surface area contributed by atoms with Crippen LogP contribution in [0, 0.1) is 13.8 Å². The average Bonchev–Trinajstić information content (AvgIpc) is 2.94. The Morgan fingerprint density at radius 1 is 1.18 bits per heavy atom. The van der Waals surface area contributed by atoms with Crippen molar-refractivity contribution in [3.05, 3.63) is 51.1 Å². The molecule has 0 aliphatic carbocycles. The van der Waals surface area contributed by atoms with E-state index < -0.39 is 0 Å². The Bertz CT molecular complexity index is 1070. The van der Waals surface area contributed by atoms with Gasteiger partial charge in [-0.3, -0.25) is 14.2 Å². The van der Waals surface area contributed by atoms with Gasteiger partial charge in [0.05, 0.1) is 10.6 Å². The Morgan fingerprint density at radius 2 is 1.82 bits per heavy atom. The third-order valence-electron chi connectivity index (χ3n) is 4.82. The van der Waals surface area contributed by atoms with Crippen LogP contribution in [0.2, 0.25) is 0 Å². The van der Waals surface area contributed by atoms with Gasteiger partial charge in [0, 0.05) is 23.7 Å². The second kappa shape index (κ2) is 8.09. The van der Waals surface area contributed by atoms with E-state index in [1.807, 2.05) is 65.0 Å². The molecule has 0 saturated carbocycles. The van der Waals surface area contributed by atoms with Gasteiger partial charge in [0.25, 0.3) is 5.56 Å². The van der Waals surface area contributed by atoms with Gasteiger partial charge in [0.15, 0.2) is 5.16 Å². The smallest absolute Gasteiger partial charge is 0.263 e. The highest BCUT2D eigenvalue weighted by atomic mass is 32.2. The number of nitrogens with zero attached hydrogens (tertiary/aromatic N) is 3. The average molecular weight is 416 g/mol. The second-order valence-corrected chi connectivity index (χ2v) is 9.63. The first kappa shape index (κ1) is 20.6. The number of thioether (sulfide) groups is 1. The number of fused-ring (bicyclic) bond motifs is 1. The summed E-state index contributed by atoms with van der Waals surface area (Å²) in [6, 6.07) is 9.50. The normalized spacial score (nSPS) is 12.5. The van der Waals surface area contributed by atoms with E-state index in [1.54, 1.807) is 16.5 Å². The molecule has 2 heterocycles. The van der Waals surface area contributed by atoms with Crippen molar-refractivity contribution in [2.75, 3.05) is 11.9 Å². The summed E-state index contributed by atoms with van der Waals surface area (Å²) >= 11 is 2.87. The van der Waals surface area contributed by atoms with E-state index in [0.29, 0.717) is 10.5 Å². The Balaban J connectivity index is 1.98. The summed E-state index contributed by atoms with van der Waals surface area (Å²) in [5.41, 5.74) is 1.81. The molecule has 1 atom stereocenters. The van der Waals surface area contributed by atoms with Gasteiger partial charge in [-0.1, -0.05) is 30.0 Å². The number of amides is 1. The molecule has 2 aromatic heterocycles. The van der Waals surface area contributed by atoms with Crippen LogP contribution in [0.5, 0.6) is 0 Å². The van der Waals surface area contributed by atoms with Crippen molar-refractivity contribution >= 4 is 44.9 Å². The molecule has 0 aliphatic heterocycles. The molecule has 3 aromatic rings. The minimum Gasteiger partial charge on any atom is -0.315 e. The van der Waals surface area contributed by atoms with Gasteiger partial charge in [-0.15, -0.1) is 11.3 Å². The standard InChI is InChI=1S/C21H25N3O2S2/c1-12(2)24-20(26)17-13(3)14(4)27-18(17)22-21(24)28-15(5)19(25)23(6)16-10-8-7-9-11-16/h7-12,15H,1-6H3/t15-/m0/s1. The van der Waals surface area contributed by atoms with Gasteiger partial charge in [0.1, 0.15) is 4.83 Å². The molecule has 5 nitrogen and oxygen atoms in total. The number of aryl methyl sites for hydroxylation is 2. The third kappa shape index (κ3) is 3.73. The molecule has 0 N–H and O–H groups in total. The third-order valence-corrected chi connectivity index (χ3v) is 6.98. The van der Waals surface area contributed by atoms with E-state index in [1.165, 1.54) is 23.1 Å². The van der Waals surface area contributed by atoms with Crippen molar-refractivity contribution in [3.8, 4) is 0 Å². The molecule has 0 bridgehead atoms. The number of benzene rings is 1. The molecule has 0 aliphatic rings. The van der Waals surface area contributed by atoms with E-state index >= 15 is 0 Å². The minimum absolute atomic E-state index is 0.0274. The number of aromatic nitrogens is 2. The number of rotatable bonds is 5. The molecule has 1 amide bonds. The fourth-order valence-corrected chi connectivity index (χ4v) is 5.29. The van der Waals surface area contributed by atoms with Crippen molar-refractivity contribution in [2.45, 2.75) is 51.1 Å². The van der Waals surface area contributed by atoms with Crippen LogP contribution in [0.25, 0.3) is 10.2 Å². The van der Waals surface area contributed by atoms with Gasteiger partial charge in [0.2, 0.25) is 5.91 Å². The number of para-hydroxylation sites is 1. The van der Waals surface area contributed by atoms with Crippen LogP contribution in [0.1, 0.15) is 37.3 Å². The molecule has 0 unspecified atom stereocenters. The highest BCUT2D eigenvalue weighted by Crippen LogP contribution is 2.31. The van der Waals surface area contributed by atoms with Gasteiger partial charge >= 0.3 is 0 Å². The maximum Gasteiger partial charge on any atom is 0.263 e. The summed E-state index contributed by atoms with van der Waals surface area (Å²) in [4.78, 5) is 34.3. The fraction of sp³-hybridized carbons (Fsp3) is 0.381. The number of carbonyl (C=O) groups excluding carboxylic acids is 1. The van der Waals surface area contributed by atoms with E-state index in [-0.39, 0.29) is 22.8 Å². The Kier molecular flexibility index (Phi) is 5.95. The lowest BCUT2D eigenvalue weighted by atomic mass is 10.2. The van der Waals surface area contributed by atoms with Gasteiger partial charge < -0.3 is 4.90 Å². The first-order chi connectivity index (χ1) is 13.2. The van der Waals surface area contributed by atoms with E-state index in [2.05, 4.69) is 0 Å². The molecule has 3 rings (SSSR count). The number of thiophene rings is 1. The Hall–Kier alpha value is -2.12. The van der Waals surface area contributed by atoms with Crippen LogP contribution in [0.15, 0.2) is 40.3 Å². The van der Waals surface area contributed by atoms with Crippen molar-refractivity contribution in [1.82, 2.24) is 9.55 Å². The first-order valence-electron chi connectivity index (χ1n) is 9.23. The lowest BCUT2D eigenvalue weighted by Gasteiger charge is -2.22. The maximum absolute atomic E-state index is 13.2. The van der Waals surface area contributed by atoms with Crippen molar-refractivity contribution in [1.29, 1.82) is 0 Å². The van der Waals surface area contributed by atoms with Crippen molar-refractivity contribution in [2.24, 2.45) is 0 Å². The Labute approximate surface area is 173 Å². The highest BCUT2D eigenvalue weighted by Gasteiger charge is 2.24. The summed E-state index contributed by atoms with van der Waals surface area (Å²) in [7, 11) is 1.77. The second-order valence-electron chi connectivity index (χ2n) is 7.12. The number of hydrogen-bond donors (Lipinski definition) is 0. The monoisotopic (exact) mass is 415 g/mol. The van der Waals surface area contributed by atoms with Crippen LogP contribution in [0.3, 0.4) is 0 Å². The van der Waals surface area contributed by atoms with Crippen LogP contribution in [-0.4, -0.2) is 27.8 Å². The summed E-state index contributed by atoms with van der Waals surface area (Å²) in [5, 5.41) is 0.915. The van der Waals surface area contributed by atoms with Gasteiger partial charge in [-0.2, -0.15) is 0 Å². The summed E-state index contributed by atoms with van der Waals surface area (Å²) in [6.07, 6.45) is 0. The van der Waals surface area contributed by atoms with Crippen LogP contribution < -0.4 is 10.5 Å². The molecular formula is C21H25N3O2S2. The zero-order chi connectivity index (χ0) is 20.6. The molecule has 28 heavy (non-hydrogen) atoms. The SMILES string of the molecule is Cc1sc2nc(S[C@@H](C)C(=O)N(C)c3ccccc3)n(C(C)C)c(=O)c2c1C. The fourth-order valence-electron chi connectivity index (χ4n) is 3.09. The molecule has 7 heteroatoms. The lowest BCUT2D eigenvalue weighted by molar-refractivity contribution is -0.117. The molecule has 1 aromatic carbocycles. The van der Waals surface area contributed by atoms with Crippen LogP contribution in [-0.2, 0) is 4.79 Å². The van der Waals surface area contributed by atoms with Crippen LogP contribution >= 0.6 is 23.1 Å². The molecule has 0 radical (unpaired) electrons.